The van der Waals surface area contributed by atoms with E-state index in [-0.39, 0.29) is 5.41 Å². The maximum absolute atomic E-state index is 5.22. The van der Waals surface area contributed by atoms with Crippen LogP contribution in [0.3, 0.4) is 0 Å². The molecule has 43 heavy (non-hydrogen) atoms. The van der Waals surface area contributed by atoms with Crippen molar-refractivity contribution >= 4 is 10.8 Å². The van der Waals surface area contributed by atoms with Crippen molar-refractivity contribution in [1.82, 2.24) is 15.0 Å². The summed E-state index contributed by atoms with van der Waals surface area (Å²) in [5.74, 6) is 0.748. The Morgan fingerprint density at radius 2 is 1.07 bits per heavy atom. The summed E-state index contributed by atoms with van der Waals surface area (Å²) in [6, 6.07) is 46.8. The predicted molar refractivity (Wildman–Crippen MR) is 177 cm³/mol. The van der Waals surface area contributed by atoms with E-state index in [1.54, 1.807) is 0 Å². The van der Waals surface area contributed by atoms with E-state index in [9.17, 15) is 0 Å². The van der Waals surface area contributed by atoms with Crippen LogP contribution in [0.2, 0.25) is 0 Å². The normalized spacial score (nSPS) is 13.1. The smallest absolute Gasteiger partial charge is 0.160 e. The van der Waals surface area contributed by atoms with Gasteiger partial charge in [0.05, 0.1) is 17.1 Å². The van der Waals surface area contributed by atoms with Gasteiger partial charge in [-0.2, -0.15) is 0 Å². The fraction of sp³-hybridized carbons (Fsp3) is 0.0750. The largest absolute Gasteiger partial charge is 0.248 e. The van der Waals surface area contributed by atoms with Crippen molar-refractivity contribution in [3.05, 3.63) is 151 Å². The minimum atomic E-state index is -0.186. The minimum Gasteiger partial charge on any atom is -0.248 e. The molecule has 0 bridgehead atoms. The SMILES string of the molecule is CC1(C)c2ccccc2-c2cnc(-c3ccc(-c4cc(-c5ccccc5)cc(-c5ccccc5)n4)c4ccccc34)nc21. The molecule has 0 spiro atoms. The van der Waals surface area contributed by atoms with Gasteiger partial charge in [0.25, 0.3) is 0 Å². The van der Waals surface area contributed by atoms with Gasteiger partial charge >= 0.3 is 0 Å². The lowest BCUT2D eigenvalue weighted by atomic mass is 9.85. The van der Waals surface area contributed by atoms with Gasteiger partial charge in [0, 0.05) is 33.9 Å². The molecule has 0 unspecified atom stereocenters. The van der Waals surface area contributed by atoms with Crippen LogP contribution in [-0.2, 0) is 5.41 Å². The molecule has 1 aliphatic carbocycles. The highest BCUT2D eigenvalue weighted by molar-refractivity contribution is 6.04. The minimum absolute atomic E-state index is 0.186. The third-order valence-corrected chi connectivity index (χ3v) is 8.71. The van der Waals surface area contributed by atoms with Crippen molar-refractivity contribution in [2.24, 2.45) is 0 Å². The first-order chi connectivity index (χ1) is 21.1. The molecule has 2 heterocycles. The Labute approximate surface area is 251 Å². The zero-order valence-corrected chi connectivity index (χ0v) is 24.1. The summed E-state index contributed by atoms with van der Waals surface area (Å²) >= 11 is 0. The lowest BCUT2D eigenvalue weighted by molar-refractivity contribution is 0.636. The number of hydrogen-bond donors (Lipinski definition) is 0. The van der Waals surface area contributed by atoms with Crippen molar-refractivity contribution in [2.75, 3.05) is 0 Å². The van der Waals surface area contributed by atoms with Crippen molar-refractivity contribution < 1.29 is 0 Å². The van der Waals surface area contributed by atoms with Gasteiger partial charge in [-0.05, 0) is 51.2 Å². The van der Waals surface area contributed by atoms with E-state index < -0.39 is 0 Å². The lowest BCUT2D eigenvalue weighted by Gasteiger charge is -2.20. The van der Waals surface area contributed by atoms with Gasteiger partial charge in [0.2, 0.25) is 0 Å². The van der Waals surface area contributed by atoms with E-state index in [0.29, 0.717) is 0 Å². The second-order valence-corrected chi connectivity index (χ2v) is 11.7. The van der Waals surface area contributed by atoms with E-state index >= 15 is 0 Å². The van der Waals surface area contributed by atoms with E-state index in [0.717, 1.165) is 61.5 Å². The standard InChI is InChI=1S/C40H29N3/c1-40(2)35-20-12-11-19-31(35)34-25-41-39(43-38(34)40)33-22-21-32(29-17-9-10-18-30(29)33)37-24-28(26-13-5-3-6-14-26)23-36(42-37)27-15-7-4-8-16-27/h3-25H,1-2H3. The van der Waals surface area contributed by atoms with Crippen molar-refractivity contribution in [2.45, 2.75) is 19.3 Å². The van der Waals surface area contributed by atoms with Gasteiger partial charge in [0.1, 0.15) is 0 Å². The molecular weight excluding hydrogens is 522 g/mol. The molecular formula is C40H29N3. The topological polar surface area (TPSA) is 38.7 Å². The van der Waals surface area contributed by atoms with Gasteiger partial charge in [-0.3, -0.25) is 0 Å². The number of rotatable bonds is 4. The van der Waals surface area contributed by atoms with Crippen molar-refractivity contribution in [3.8, 4) is 56.2 Å². The summed E-state index contributed by atoms with van der Waals surface area (Å²) in [7, 11) is 0. The summed E-state index contributed by atoms with van der Waals surface area (Å²) in [5, 5.41) is 2.24. The fourth-order valence-electron chi connectivity index (χ4n) is 6.52. The van der Waals surface area contributed by atoms with Crippen LogP contribution in [0.1, 0.15) is 25.1 Å². The molecule has 0 radical (unpaired) electrons. The molecule has 2 aromatic heterocycles. The summed E-state index contributed by atoms with van der Waals surface area (Å²) in [4.78, 5) is 15.4. The molecule has 0 amide bonds. The fourth-order valence-corrected chi connectivity index (χ4v) is 6.52. The van der Waals surface area contributed by atoms with Crippen LogP contribution >= 0.6 is 0 Å². The maximum Gasteiger partial charge on any atom is 0.160 e. The molecule has 204 valence electrons. The van der Waals surface area contributed by atoms with E-state index in [1.165, 1.54) is 16.7 Å². The van der Waals surface area contributed by atoms with E-state index in [4.69, 9.17) is 15.0 Å². The van der Waals surface area contributed by atoms with Crippen LogP contribution in [0.15, 0.2) is 140 Å². The highest BCUT2D eigenvalue weighted by Crippen LogP contribution is 2.48. The van der Waals surface area contributed by atoms with Crippen LogP contribution in [0.5, 0.6) is 0 Å². The molecule has 8 rings (SSSR count). The number of aromatic nitrogens is 3. The molecule has 0 saturated heterocycles. The number of nitrogens with zero attached hydrogens (tertiary/aromatic N) is 3. The van der Waals surface area contributed by atoms with Crippen molar-refractivity contribution in [3.63, 3.8) is 0 Å². The molecule has 0 atom stereocenters. The highest BCUT2D eigenvalue weighted by Gasteiger charge is 2.37. The second kappa shape index (κ2) is 9.85. The Bertz CT molecular complexity index is 2090. The number of benzene rings is 5. The summed E-state index contributed by atoms with van der Waals surface area (Å²) < 4.78 is 0. The van der Waals surface area contributed by atoms with Gasteiger partial charge in [-0.1, -0.05) is 129 Å². The molecule has 3 heteroatoms. The Kier molecular flexibility index (Phi) is 5.80. The number of fused-ring (bicyclic) bond motifs is 4. The quantitative estimate of drug-likeness (QED) is 0.218. The maximum atomic E-state index is 5.22. The van der Waals surface area contributed by atoms with Gasteiger partial charge in [-0.25, -0.2) is 15.0 Å². The average Bonchev–Trinajstić information content (AvgIpc) is 3.30. The van der Waals surface area contributed by atoms with Crippen LogP contribution < -0.4 is 0 Å². The Balaban J connectivity index is 1.30. The average molecular weight is 552 g/mol. The molecule has 1 aliphatic rings. The molecule has 5 aromatic carbocycles. The zero-order chi connectivity index (χ0) is 29.0. The molecule has 3 nitrogen and oxygen atoms in total. The zero-order valence-electron chi connectivity index (χ0n) is 24.1. The van der Waals surface area contributed by atoms with Crippen molar-refractivity contribution in [1.29, 1.82) is 0 Å². The number of pyridine rings is 1. The molecule has 7 aromatic rings. The monoisotopic (exact) mass is 551 g/mol. The molecule has 0 fully saturated rings. The van der Waals surface area contributed by atoms with Crippen LogP contribution in [-0.4, -0.2) is 15.0 Å². The van der Waals surface area contributed by atoms with Crippen LogP contribution in [0.4, 0.5) is 0 Å². The first kappa shape index (κ1) is 25.3. The second-order valence-electron chi connectivity index (χ2n) is 11.7. The first-order valence-electron chi connectivity index (χ1n) is 14.7. The first-order valence-corrected chi connectivity index (χ1v) is 14.7. The summed E-state index contributed by atoms with van der Waals surface area (Å²) in [6.45, 7) is 4.51. The Hall–Kier alpha value is -5.41. The van der Waals surface area contributed by atoms with Crippen LogP contribution in [0.25, 0.3) is 66.9 Å². The summed E-state index contributed by atoms with van der Waals surface area (Å²) in [5.41, 5.74) is 12.0. The highest BCUT2D eigenvalue weighted by atomic mass is 14.9. The predicted octanol–water partition coefficient (Wildman–Crippen LogP) is 10.00. The van der Waals surface area contributed by atoms with E-state index in [1.807, 2.05) is 12.3 Å². The van der Waals surface area contributed by atoms with Gasteiger partial charge < -0.3 is 0 Å². The molecule has 0 aliphatic heterocycles. The van der Waals surface area contributed by atoms with E-state index in [2.05, 4.69) is 141 Å². The number of hydrogen-bond acceptors (Lipinski definition) is 3. The molecule has 0 saturated carbocycles. The third kappa shape index (κ3) is 4.16. The van der Waals surface area contributed by atoms with Crippen LogP contribution in [0, 0.1) is 0 Å². The van der Waals surface area contributed by atoms with Gasteiger partial charge in [-0.15, -0.1) is 0 Å². The third-order valence-electron chi connectivity index (χ3n) is 8.71. The van der Waals surface area contributed by atoms with Gasteiger partial charge in [0.15, 0.2) is 5.82 Å². The Morgan fingerprint density at radius 1 is 0.465 bits per heavy atom. The molecule has 0 N–H and O–H groups in total. The lowest BCUT2D eigenvalue weighted by Crippen LogP contribution is -2.17. The Morgan fingerprint density at radius 3 is 1.84 bits per heavy atom. The summed E-state index contributed by atoms with van der Waals surface area (Å²) in [6.07, 6.45) is 2.00.